The first-order valence-electron chi connectivity index (χ1n) is 13.4. The van der Waals surface area contributed by atoms with Crippen molar-refractivity contribution in [2.24, 2.45) is 23.7 Å². The number of esters is 1. The molecule has 1 aliphatic rings. The van der Waals surface area contributed by atoms with E-state index in [0.29, 0.717) is 24.3 Å². The number of rotatable bonds is 14. The van der Waals surface area contributed by atoms with Gasteiger partial charge in [-0.1, -0.05) is 80.9 Å². The van der Waals surface area contributed by atoms with Crippen molar-refractivity contribution in [3.05, 3.63) is 71.4 Å². The molecule has 0 spiro atoms. The van der Waals surface area contributed by atoms with Gasteiger partial charge in [0.25, 0.3) is 0 Å². The van der Waals surface area contributed by atoms with Gasteiger partial charge in [0.05, 0.1) is 5.60 Å². The molecule has 1 rings (SSSR count). The van der Waals surface area contributed by atoms with Gasteiger partial charge in [0, 0.05) is 29.9 Å². The van der Waals surface area contributed by atoms with Crippen LogP contribution in [-0.4, -0.2) is 39.6 Å². The van der Waals surface area contributed by atoms with Crippen LogP contribution in [0.15, 0.2) is 71.4 Å². The van der Waals surface area contributed by atoms with Gasteiger partial charge in [-0.15, -0.1) is 0 Å². The summed E-state index contributed by atoms with van der Waals surface area (Å²) in [6, 6.07) is 0. The quantitative estimate of drug-likeness (QED) is 0.151. The second kappa shape index (κ2) is 15.4. The topological polar surface area (TPSA) is 101 Å². The first-order chi connectivity index (χ1) is 17.6. The van der Waals surface area contributed by atoms with E-state index < -0.39 is 17.5 Å². The smallest absolute Gasteiger partial charge is 0.331 e. The summed E-state index contributed by atoms with van der Waals surface area (Å²) in [7, 11) is 0. The number of carboxylic acids is 1. The molecular formula is C32H46O6. The summed E-state index contributed by atoms with van der Waals surface area (Å²) >= 11 is 0. The van der Waals surface area contributed by atoms with E-state index in [4.69, 9.17) is 9.84 Å². The van der Waals surface area contributed by atoms with Crippen LogP contribution in [0.5, 0.6) is 0 Å². The van der Waals surface area contributed by atoms with E-state index >= 15 is 0 Å². The van der Waals surface area contributed by atoms with E-state index in [1.165, 1.54) is 6.08 Å². The minimum Gasteiger partial charge on any atom is -0.478 e. The molecule has 6 nitrogen and oxygen atoms in total. The van der Waals surface area contributed by atoms with Crippen LogP contribution < -0.4 is 0 Å². The molecule has 1 aliphatic heterocycles. The number of ether oxygens (including phenoxy) is 1. The summed E-state index contributed by atoms with van der Waals surface area (Å²) in [6.07, 6.45) is 17.9. The molecule has 0 fully saturated rings. The minimum absolute atomic E-state index is 0.0465. The van der Waals surface area contributed by atoms with E-state index in [0.717, 1.165) is 23.6 Å². The molecule has 6 atom stereocenters. The Kier molecular flexibility index (Phi) is 13.4. The van der Waals surface area contributed by atoms with Crippen molar-refractivity contribution in [3.63, 3.8) is 0 Å². The highest BCUT2D eigenvalue weighted by Gasteiger charge is 2.34. The molecule has 210 valence electrons. The van der Waals surface area contributed by atoms with Crippen molar-refractivity contribution < 1.29 is 29.3 Å². The average molecular weight is 527 g/mol. The fourth-order valence-corrected chi connectivity index (χ4v) is 4.31. The molecule has 0 aromatic rings. The van der Waals surface area contributed by atoms with Crippen LogP contribution in [0.3, 0.4) is 0 Å². The SMILES string of the molecule is CC(=C/C(C)C/C=C/C(C)=C/C(C)C(=O)C(C)[C@](C)(O)CC/C(C)=C/C(=O)O)/C=C/[C@@H]1OC(=O)C=C[C@@H]1C. The van der Waals surface area contributed by atoms with Crippen LogP contribution in [0.25, 0.3) is 0 Å². The lowest BCUT2D eigenvalue weighted by Crippen LogP contribution is -2.39. The van der Waals surface area contributed by atoms with Crippen LogP contribution in [0.2, 0.25) is 0 Å². The Bertz CT molecular complexity index is 1020. The van der Waals surface area contributed by atoms with Gasteiger partial charge in [-0.2, -0.15) is 0 Å². The fraction of sp³-hybridized carbons (Fsp3) is 0.531. The Morgan fingerprint density at radius 1 is 1.11 bits per heavy atom. The lowest BCUT2D eigenvalue weighted by Gasteiger charge is -2.31. The highest BCUT2D eigenvalue weighted by Crippen LogP contribution is 2.28. The number of Topliss-reactive ketones (excluding diaryl/α,β-unsaturated/α-hetero) is 1. The molecule has 1 heterocycles. The summed E-state index contributed by atoms with van der Waals surface area (Å²) in [6.45, 7) is 15.0. The standard InChI is InChI=1S/C32H46O6/c1-21(18-23(3)12-14-28-25(5)13-15-30(35)38-28)10-9-11-22(2)19-26(6)31(36)27(7)32(8,37)17-16-24(4)20-29(33)34/h9,11-15,18-21,25-28,37H,10,16-17H2,1-8H3,(H,33,34)/b11-9+,14-12+,22-19+,23-18-,24-20+/t21?,25-,26?,27?,28-,32+/m0/s1. The van der Waals surface area contributed by atoms with Crippen molar-refractivity contribution in [2.75, 3.05) is 0 Å². The van der Waals surface area contributed by atoms with Gasteiger partial charge >= 0.3 is 11.9 Å². The summed E-state index contributed by atoms with van der Waals surface area (Å²) in [4.78, 5) is 35.2. The zero-order valence-electron chi connectivity index (χ0n) is 24.2. The van der Waals surface area contributed by atoms with Crippen molar-refractivity contribution in [2.45, 2.75) is 86.4 Å². The van der Waals surface area contributed by atoms with Crippen molar-refractivity contribution in [3.8, 4) is 0 Å². The average Bonchev–Trinajstić information content (AvgIpc) is 2.81. The Morgan fingerprint density at radius 2 is 1.74 bits per heavy atom. The van der Waals surface area contributed by atoms with Crippen molar-refractivity contribution in [1.29, 1.82) is 0 Å². The maximum absolute atomic E-state index is 13.0. The van der Waals surface area contributed by atoms with Gasteiger partial charge in [-0.05, 0) is 59.0 Å². The van der Waals surface area contributed by atoms with Gasteiger partial charge < -0.3 is 14.9 Å². The zero-order chi connectivity index (χ0) is 29.0. The van der Waals surface area contributed by atoms with E-state index in [9.17, 15) is 19.5 Å². The van der Waals surface area contributed by atoms with Gasteiger partial charge in [0.1, 0.15) is 11.9 Å². The Balaban J connectivity index is 2.64. The second-order valence-corrected chi connectivity index (χ2v) is 11.0. The summed E-state index contributed by atoms with van der Waals surface area (Å²) < 4.78 is 5.34. The van der Waals surface area contributed by atoms with Crippen LogP contribution >= 0.6 is 0 Å². The van der Waals surface area contributed by atoms with Crippen LogP contribution in [0, 0.1) is 23.7 Å². The molecule has 0 aromatic carbocycles. The molecule has 0 radical (unpaired) electrons. The highest BCUT2D eigenvalue weighted by atomic mass is 16.5. The number of cyclic esters (lactones) is 1. The number of allylic oxidation sites excluding steroid dienone is 8. The first-order valence-corrected chi connectivity index (χ1v) is 13.4. The van der Waals surface area contributed by atoms with Crippen LogP contribution in [0.1, 0.15) is 74.7 Å². The minimum atomic E-state index is -1.22. The molecule has 0 bridgehead atoms. The van der Waals surface area contributed by atoms with E-state index in [-0.39, 0.29) is 29.7 Å². The molecule has 6 heteroatoms. The van der Waals surface area contributed by atoms with E-state index in [1.807, 2.05) is 58.1 Å². The van der Waals surface area contributed by atoms with E-state index in [1.54, 1.807) is 20.8 Å². The maximum atomic E-state index is 13.0. The molecule has 0 saturated heterocycles. The first kappa shape index (κ1) is 33.0. The zero-order valence-corrected chi connectivity index (χ0v) is 24.2. The third-order valence-electron chi connectivity index (χ3n) is 7.01. The fourth-order valence-electron chi connectivity index (χ4n) is 4.31. The third-order valence-corrected chi connectivity index (χ3v) is 7.01. The summed E-state index contributed by atoms with van der Waals surface area (Å²) in [5.41, 5.74) is 1.51. The monoisotopic (exact) mass is 526 g/mol. The largest absolute Gasteiger partial charge is 0.478 e. The summed E-state index contributed by atoms with van der Waals surface area (Å²) in [5.74, 6) is -1.84. The van der Waals surface area contributed by atoms with Crippen molar-refractivity contribution >= 4 is 17.7 Å². The lowest BCUT2D eigenvalue weighted by molar-refractivity contribution is -0.143. The molecule has 38 heavy (non-hydrogen) atoms. The number of aliphatic hydroxyl groups is 1. The number of carbonyl (C=O) groups excluding carboxylic acids is 2. The normalized spacial score (nSPS) is 23.3. The number of carbonyl (C=O) groups is 3. The molecular weight excluding hydrogens is 480 g/mol. The summed E-state index contributed by atoms with van der Waals surface area (Å²) in [5, 5.41) is 19.7. The van der Waals surface area contributed by atoms with Gasteiger partial charge in [-0.25, -0.2) is 9.59 Å². The molecule has 0 aliphatic carbocycles. The third kappa shape index (κ3) is 12.0. The Hall–Kier alpha value is -2.99. The molecule has 0 aromatic heterocycles. The number of hydrogen-bond donors (Lipinski definition) is 2. The van der Waals surface area contributed by atoms with Gasteiger partial charge in [-0.3, -0.25) is 4.79 Å². The van der Waals surface area contributed by atoms with Crippen LogP contribution in [0.4, 0.5) is 0 Å². The molecule has 0 amide bonds. The number of hydrogen-bond acceptors (Lipinski definition) is 5. The van der Waals surface area contributed by atoms with Crippen LogP contribution in [-0.2, 0) is 19.1 Å². The lowest BCUT2D eigenvalue weighted by atomic mass is 9.79. The predicted molar refractivity (Wildman–Crippen MR) is 152 cm³/mol. The second-order valence-electron chi connectivity index (χ2n) is 11.0. The molecule has 0 saturated carbocycles. The Labute approximate surface area is 228 Å². The molecule has 3 unspecified atom stereocenters. The highest BCUT2D eigenvalue weighted by molar-refractivity contribution is 5.85. The van der Waals surface area contributed by atoms with Crippen molar-refractivity contribution in [1.82, 2.24) is 0 Å². The predicted octanol–water partition coefficient (Wildman–Crippen LogP) is 6.54. The number of ketones is 1. The number of carboxylic acid groups (broad SMARTS) is 1. The van der Waals surface area contributed by atoms with E-state index in [2.05, 4.69) is 19.1 Å². The van der Waals surface area contributed by atoms with Gasteiger partial charge in [0.2, 0.25) is 0 Å². The number of aliphatic carboxylic acids is 1. The Morgan fingerprint density at radius 3 is 2.37 bits per heavy atom. The molecule has 2 N–H and O–H groups in total. The maximum Gasteiger partial charge on any atom is 0.331 e. The van der Waals surface area contributed by atoms with Gasteiger partial charge in [0.15, 0.2) is 0 Å².